The van der Waals surface area contributed by atoms with Crippen LogP contribution in [0.15, 0.2) is 0 Å². The second-order valence-corrected chi connectivity index (χ2v) is 4.74. The van der Waals surface area contributed by atoms with E-state index in [-0.39, 0.29) is 0 Å². The van der Waals surface area contributed by atoms with Gasteiger partial charge in [0.1, 0.15) is 0 Å². The Labute approximate surface area is 89.0 Å². The van der Waals surface area contributed by atoms with E-state index in [4.69, 9.17) is 0 Å². The lowest BCUT2D eigenvalue weighted by Gasteiger charge is -2.23. The fourth-order valence-electron chi connectivity index (χ4n) is 1.78. The largest absolute Gasteiger partial charge is 0.255 e. The Kier molecular flexibility index (Phi) is 5.49. The van der Waals surface area contributed by atoms with Crippen molar-refractivity contribution in [2.45, 2.75) is 46.5 Å². The molecule has 14 heavy (non-hydrogen) atoms. The van der Waals surface area contributed by atoms with Crippen molar-refractivity contribution in [1.82, 2.24) is 10.4 Å². The Morgan fingerprint density at radius 1 is 1.57 bits per heavy atom. The molecule has 0 unspecified atom stereocenters. The van der Waals surface area contributed by atoms with E-state index in [1.54, 1.807) is 0 Å². The summed E-state index contributed by atoms with van der Waals surface area (Å²) >= 11 is 0. The van der Waals surface area contributed by atoms with Gasteiger partial charge < -0.3 is 0 Å². The minimum atomic E-state index is 0.815. The van der Waals surface area contributed by atoms with Gasteiger partial charge in [-0.25, -0.2) is 5.01 Å². The zero-order valence-corrected chi connectivity index (χ0v) is 9.92. The lowest BCUT2D eigenvalue weighted by Crippen LogP contribution is -2.37. The van der Waals surface area contributed by atoms with Gasteiger partial charge in [0.2, 0.25) is 0 Å². The van der Waals surface area contributed by atoms with Crippen LogP contribution >= 0.6 is 0 Å². The van der Waals surface area contributed by atoms with Crippen molar-refractivity contribution < 1.29 is 0 Å². The smallest absolute Gasteiger partial charge is 0.0415 e. The van der Waals surface area contributed by atoms with Crippen LogP contribution in [0.25, 0.3) is 0 Å². The third-order valence-corrected chi connectivity index (χ3v) is 3.12. The molecular weight excluding hydrogens is 172 g/mol. The molecule has 1 heterocycles. The van der Waals surface area contributed by atoms with Crippen LogP contribution in [-0.4, -0.2) is 18.1 Å². The quantitative estimate of drug-likeness (QED) is 0.745. The third-order valence-electron chi connectivity index (χ3n) is 3.12. The van der Waals surface area contributed by atoms with Gasteiger partial charge in [-0.15, -0.1) is 0 Å². The van der Waals surface area contributed by atoms with Gasteiger partial charge >= 0.3 is 0 Å². The molecule has 1 radical (unpaired) electrons. The summed E-state index contributed by atoms with van der Waals surface area (Å²) < 4.78 is 0. The maximum absolute atomic E-state index is 3.47. The zero-order chi connectivity index (χ0) is 10.4. The number of hydrogen-bond acceptors (Lipinski definition) is 2. The summed E-state index contributed by atoms with van der Waals surface area (Å²) in [6, 6.07) is 0. The molecule has 2 nitrogen and oxygen atoms in total. The van der Waals surface area contributed by atoms with E-state index in [2.05, 4.69) is 37.8 Å². The predicted molar refractivity (Wildman–Crippen MR) is 61.5 cm³/mol. The molecule has 0 aliphatic carbocycles. The van der Waals surface area contributed by atoms with E-state index in [0.29, 0.717) is 0 Å². The molecule has 0 aromatic rings. The Bertz CT molecular complexity index is 147. The predicted octanol–water partition coefficient (Wildman–Crippen LogP) is 2.82. The molecule has 1 aliphatic heterocycles. The van der Waals surface area contributed by atoms with Gasteiger partial charge in [-0.1, -0.05) is 27.2 Å². The summed E-state index contributed by atoms with van der Waals surface area (Å²) in [6.45, 7) is 11.6. The summed E-state index contributed by atoms with van der Waals surface area (Å²) in [5.74, 6) is 1.65. The van der Waals surface area contributed by atoms with Crippen molar-refractivity contribution >= 4 is 0 Å². The third kappa shape index (κ3) is 4.43. The van der Waals surface area contributed by atoms with Gasteiger partial charge in [0.15, 0.2) is 0 Å². The van der Waals surface area contributed by atoms with Crippen LogP contribution in [0.2, 0.25) is 0 Å². The van der Waals surface area contributed by atoms with E-state index in [1.807, 2.05) is 0 Å². The van der Waals surface area contributed by atoms with Crippen LogP contribution < -0.4 is 5.43 Å². The molecule has 1 fully saturated rings. The lowest BCUT2D eigenvalue weighted by molar-refractivity contribution is 0.215. The van der Waals surface area contributed by atoms with Crippen LogP contribution in [0.5, 0.6) is 0 Å². The monoisotopic (exact) mass is 197 g/mol. The van der Waals surface area contributed by atoms with Crippen molar-refractivity contribution in [3.05, 3.63) is 6.54 Å². The first-order chi connectivity index (χ1) is 6.72. The topological polar surface area (TPSA) is 15.3 Å². The molecule has 0 amide bonds. The fraction of sp³-hybridized carbons (Fsp3) is 0.917. The van der Waals surface area contributed by atoms with Gasteiger partial charge in [0, 0.05) is 19.6 Å². The van der Waals surface area contributed by atoms with Crippen LogP contribution in [0, 0.1) is 18.4 Å². The molecule has 0 aromatic heterocycles. The second-order valence-electron chi connectivity index (χ2n) is 4.74. The minimum absolute atomic E-state index is 0.815. The van der Waals surface area contributed by atoms with Gasteiger partial charge in [0.25, 0.3) is 0 Å². The van der Waals surface area contributed by atoms with Crippen LogP contribution in [-0.2, 0) is 0 Å². The maximum atomic E-state index is 3.47. The molecule has 0 spiro atoms. The van der Waals surface area contributed by atoms with Crippen molar-refractivity contribution in [2.24, 2.45) is 11.8 Å². The molecule has 1 saturated heterocycles. The van der Waals surface area contributed by atoms with Crippen molar-refractivity contribution in [1.29, 1.82) is 0 Å². The standard InChI is InChI=1S/C12H25N2/c1-4-11(2)7-9-14-10-12(3)6-5-8-13-14/h9,11-13H,4-8,10H2,1-3H3/t11-,12-/m1/s1. The Balaban J connectivity index is 2.21. The zero-order valence-electron chi connectivity index (χ0n) is 9.92. The molecule has 1 rings (SSSR count). The van der Waals surface area contributed by atoms with Gasteiger partial charge in [-0.05, 0) is 31.1 Å². The van der Waals surface area contributed by atoms with Gasteiger partial charge in [0.05, 0.1) is 0 Å². The summed E-state index contributed by atoms with van der Waals surface area (Å²) in [7, 11) is 0. The summed E-state index contributed by atoms with van der Waals surface area (Å²) in [5.41, 5.74) is 3.47. The first kappa shape index (κ1) is 12.0. The highest BCUT2D eigenvalue weighted by Crippen LogP contribution is 2.15. The highest BCUT2D eigenvalue weighted by atomic mass is 15.5. The minimum Gasteiger partial charge on any atom is -0.255 e. The molecule has 1 N–H and O–H groups in total. The van der Waals surface area contributed by atoms with Gasteiger partial charge in [-0.2, -0.15) is 0 Å². The SMILES string of the molecule is CC[C@@H](C)C[CH]N1C[C@H](C)CCCN1. The summed E-state index contributed by atoms with van der Waals surface area (Å²) in [4.78, 5) is 0. The van der Waals surface area contributed by atoms with Crippen LogP contribution in [0.3, 0.4) is 0 Å². The Morgan fingerprint density at radius 3 is 3.07 bits per heavy atom. The van der Waals surface area contributed by atoms with Crippen molar-refractivity contribution in [3.8, 4) is 0 Å². The molecule has 2 atom stereocenters. The number of hydrogen-bond donors (Lipinski definition) is 1. The van der Waals surface area contributed by atoms with Gasteiger partial charge in [-0.3, -0.25) is 5.43 Å². The molecule has 1 aliphatic rings. The molecule has 0 saturated carbocycles. The van der Waals surface area contributed by atoms with Crippen LogP contribution in [0.4, 0.5) is 0 Å². The molecule has 0 bridgehead atoms. The van der Waals surface area contributed by atoms with Crippen LogP contribution in [0.1, 0.15) is 46.5 Å². The molecular formula is C12H25N2. The number of nitrogens with zero attached hydrogens (tertiary/aromatic N) is 1. The molecule has 83 valence electrons. The normalized spacial score (nSPS) is 27.2. The van der Waals surface area contributed by atoms with Crippen molar-refractivity contribution in [2.75, 3.05) is 13.1 Å². The number of nitrogens with one attached hydrogen (secondary N) is 1. The fourth-order valence-corrected chi connectivity index (χ4v) is 1.78. The highest BCUT2D eigenvalue weighted by Gasteiger charge is 2.14. The van der Waals surface area contributed by atoms with E-state index in [1.165, 1.54) is 32.2 Å². The Hall–Kier alpha value is -0.0800. The molecule has 2 heteroatoms. The Morgan fingerprint density at radius 2 is 2.36 bits per heavy atom. The average Bonchev–Trinajstić information content (AvgIpc) is 2.39. The summed E-state index contributed by atoms with van der Waals surface area (Å²) in [5, 5.41) is 2.31. The van der Waals surface area contributed by atoms with E-state index in [0.717, 1.165) is 18.4 Å². The number of hydrazine groups is 1. The maximum Gasteiger partial charge on any atom is 0.0415 e. The lowest BCUT2D eigenvalue weighted by atomic mass is 10.0. The first-order valence-corrected chi connectivity index (χ1v) is 6.05. The first-order valence-electron chi connectivity index (χ1n) is 6.05. The van der Waals surface area contributed by atoms with E-state index >= 15 is 0 Å². The summed E-state index contributed by atoms with van der Waals surface area (Å²) in [6.07, 6.45) is 5.16. The molecule has 0 aromatic carbocycles. The highest BCUT2D eigenvalue weighted by molar-refractivity contribution is 4.73. The number of rotatable bonds is 4. The average molecular weight is 197 g/mol. The van der Waals surface area contributed by atoms with E-state index < -0.39 is 0 Å². The second kappa shape index (κ2) is 6.41. The van der Waals surface area contributed by atoms with Crippen molar-refractivity contribution in [3.63, 3.8) is 0 Å². The van der Waals surface area contributed by atoms with E-state index in [9.17, 15) is 0 Å².